The summed E-state index contributed by atoms with van der Waals surface area (Å²) in [6, 6.07) is 21.8. The van der Waals surface area contributed by atoms with E-state index >= 15 is 0 Å². The zero-order chi connectivity index (χ0) is 26.3. The second-order valence-electron chi connectivity index (χ2n) is 10.8. The standard InChI is InChI=1S/C32H48O3Si/c1-6-7-20-28(21-14-10-8-9-11-19-26-31(33)34-5)27-35-36(32(2,3)4,29-22-15-12-16-23-29)30-24-17-13-18-25-30/h7,12-13,15-18,20,22-25,28H,6,8-11,14,19,21,26-27H2,1-5H3/b20-7+. The van der Waals surface area contributed by atoms with Crippen molar-refractivity contribution in [2.24, 2.45) is 5.92 Å². The number of hydrogen-bond donors (Lipinski definition) is 0. The van der Waals surface area contributed by atoms with Gasteiger partial charge in [-0.25, -0.2) is 0 Å². The van der Waals surface area contributed by atoms with Crippen molar-refractivity contribution in [2.75, 3.05) is 13.7 Å². The zero-order valence-electron chi connectivity index (χ0n) is 23.3. The lowest BCUT2D eigenvalue weighted by Crippen LogP contribution is -2.66. The van der Waals surface area contributed by atoms with E-state index in [0.717, 1.165) is 32.3 Å². The van der Waals surface area contributed by atoms with Crippen molar-refractivity contribution in [3.05, 3.63) is 72.8 Å². The summed E-state index contributed by atoms with van der Waals surface area (Å²) in [7, 11) is -1.04. The first kappa shape index (κ1) is 30.1. The van der Waals surface area contributed by atoms with E-state index in [0.29, 0.717) is 12.3 Å². The smallest absolute Gasteiger partial charge is 0.305 e. The monoisotopic (exact) mass is 508 g/mol. The van der Waals surface area contributed by atoms with Gasteiger partial charge in [-0.05, 0) is 40.6 Å². The van der Waals surface area contributed by atoms with Gasteiger partial charge in [-0.3, -0.25) is 4.79 Å². The minimum atomic E-state index is -2.50. The highest BCUT2D eigenvalue weighted by Gasteiger charge is 2.50. The predicted molar refractivity (Wildman–Crippen MR) is 155 cm³/mol. The van der Waals surface area contributed by atoms with E-state index < -0.39 is 8.32 Å². The molecule has 0 aliphatic heterocycles. The Morgan fingerprint density at radius 2 is 1.39 bits per heavy atom. The van der Waals surface area contributed by atoms with Gasteiger partial charge in [0.1, 0.15) is 0 Å². The number of esters is 1. The van der Waals surface area contributed by atoms with Crippen LogP contribution in [0.3, 0.4) is 0 Å². The van der Waals surface area contributed by atoms with Crippen molar-refractivity contribution >= 4 is 24.7 Å². The summed E-state index contributed by atoms with van der Waals surface area (Å²) in [4.78, 5) is 11.2. The van der Waals surface area contributed by atoms with Crippen LogP contribution in [0.15, 0.2) is 72.8 Å². The van der Waals surface area contributed by atoms with E-state index in [9.17, 15) is 4.79 Å². The van der Waals surface area contributed by atoms with Gasteiger partial charge in [-0.1, -0.05) is 133 Å². The Balaban J connectivity index is 2.07. The normalized spacial score (nSPS) is 13.1. The Bertz CT molecular complexity index is 847. The van der Waals surface area contributed by atoms with Crippen molar-refractivity contribution in [1.29, 1.82) is 0 Å². The topological polar surface area (TPSA) is 35.5 Å². The highest BCUT2D eigenvalue weighted by Crippen LogP contribution is 2.37. The maximum absolute atomic E-state index is 11.2. The number of unbranched alkanes of at least 4 members (excludes halogenated alkanes) is 5. The van der Waals surface area contributed by atoms with E-state index in [1.54, 1.807) is 0 Å². The SMILES string of the molecule is CC/C=C/C(CCCCCCCCC(=O)OC)CO[Si](c1ccccc1)(c1ccccc1)C(C)(C)C. The summed E-state index contributed by atoms with van der Waals surface area (Å²) < 4.78 is 11.9. The number of hydrogen-bond acceptors (Lipinski definition) is 3. The molecule has 4 heteroatoms. The largest absolute Gasteiger partial charge is 0.469 e. The molecular formula is C32H48O3Si. The molecule has 0 amide bonds. The molecular weight excluding hydrogens is 460 g/mol. The van der Waals surface area contributed by atoms with Crippen LogP contribution in [0.1, 0.15) is 85.5 Å². The first-order valence-corrected chi connectivity index (χ1v) is 15.7. The van der Waals surface area contributed by atoms with Crippen molar-refractivity contribution in [1.82, 2.24) is 0 Å². The average molecular weight is 509 g/mol. The van der Waals surface area contributed by atoms with Crippen LogP contribution in [0.4, 0.5) is 0 Å². The third kappa shape index (κ3) is 9.04. The fourth-order valence-electron chi connectivity index (χ4n) is 5.04. The Hall–Kier alpha value is -2.17. The Morgan fingerprint density at radius 3 is 1.89 bits per heavy atom. The number of benzene rings is 2. The maximum atomic E-state index is 11.2. The lowest BCUT2D eigenvalue weighted by Gasteiger charge is -2.43. The molecule has 0 saturated carbocycles. The molecule has 36 heavy (non-hydrogen) atoms. The number of rotatable bonds is 16. The summed E-state index contributed by atoms with van der Waals surface area (Å²) in [6.07, 6.45) is 14.3. The van der Waals surface area contributed by atoms with Gasteiger partial charge >= 0.3 is 5.97 Å². The van der Waals surface area contributed by atoms with Crippen LogP contribution in [0, 0.1) is 5.92 Å². The van der Waals surface area contributed by atoms with E-state index in [1.165, 1.54) is 43.2 Å². The van der Waals surface area contributed by atoms with Crippen LogP contribution in [0.5, 0.6) is 0 Å². The van der Waals surface area contributed by atoms with E-state index in [2.05, 4.69) is 101 Å². The average Bonchev–Trinajstić information content (AvgIpc) is 2.88. The number of carbonyl (C=O) groups is 1. The van der Waals surface area contributed by atoms with Crippen molar-refractivity contribution in [2.45, 2.75) is 90.5 Å². The summed E-state index contributed by atoms with van der Waals surface area (Å²) in [6.45, 7) is 9.98. The van der Waals surface area contributed by atoms with Crippen LogP contribution in [0.25, 0.3) is 0 Å². The molecule has 0 N–H and O–H groups in total. The molecule has 1 unspecified atom stereocenters. The molecule has 0 radical (unpaired) electrons. The molecule has 2 rings (SSSR count). The Morgan fingerprint density at radius 1 is 0.861 bits per heavy atom. The predicted octanol–water partition coefficient (Wildman–Crippen LogP) is 7.44. The van der Waals surface area contributed by atoms with Crippen LogP contribution in [0.2, 0.25) is 5.04 Å². The van der Waals surface area contributed by atoms with Gasteiger partial charge in [0.05, 0.1) is 7.11 Å². The summed E-state index contributed by atoms with van der Waals surface area (Å²) in [5.74, 6) is 0.326. The fourth-order valence-corrected chi connectivity index (χ4v) is 9.66. The molecule has 0 bridgehead atoms. The van der Waals surface area contributed by atoms with Gasteiger partial charge in [0.25, 0.3) is 8.32 Å². The molecule has 0 aliphatic rings. The number of allylic oxidation sites excluding steroid dienone is 1. The third-order valence-electron chi connectivity index (χ3n) is 7.01. The lowest BCUT2D eigenvalue weighted by atomic mass is 10.00. The van der Waals surface area contributed by atoms with Crippen molar-refractivity contribution in [3.8, 4) is 0 Å². The minimum absolute atomic E-state index is 0.00107. The van der Waals surface area contributed by atoms with Gasteiger partial charge in [0, 0.05) is 13.0 Å². The first-order chi connectivity index (χ1) is 17.3. The summed E-state index contributed by atoms with van der Waals surface area (Å²) in [5, 5.41) is 2.68. The molecule has 0 spiro atoms. The van der Waals surface area contributed by atoms with Gasteiger partial charge < -0.3 is 9.16 Å². The van der Waals surface area contributed by atoms with Crippen molar-refractivity contribution < 1.29 is 14.0 Å². The molecule has 1 atom stereocenters. The molecule has 0 saturated heterocycles. The van der Waals surface area contributed by atoms with E-state index in [-0.39, 0.29) is 11.0 Å². The fraction of sp³-hybridized carbons (Fsp3) is 0.531. The highest BCUT2D eigenvalue weighted by atomic mass is 28.4. The molecule has 2 aromatic rings. The van der Waals surface area contributed by atoms with Gasteiger partial charge in [-0.15, -0.1) is 0 Å². The highest BCUT2D eigenvalue weighted by molar-refractivity contribution is 6.99. The minimum Gasteiger partial charge on any atom is -0.469 e. The van der Waals surface area contributed by atoms with Gasteiger partial charge in [0.2, 0.25) is 0 Å². The molecule has 0 aliphatic carbocycles. The van der Waals surface area contributed by atoms with Crippen LogP contribution in [-0.4, -0.2) is 28.0 Å². The second kappa shape index (κ2) is 15.8. The van der Waals surface area contributed by atoms with E-state index in [1.807, 2.05) is 0 Å². The molecule has 0 fully saturated rings. The van der Waals surface area contributed by atoms with E-state index in [4.69, 9.17) is 9.16 Å². The Labute approximate surface area is 221 Å². The lowest BCUT2D eigenvalue weighted by molar-refractivity contribution is -0.140. The number of methoxy groups -OCH3 is 1. The molecule has 3 nitrogen and oxygen atoms in total. The summed E-state index contributed by atoms with van der Waals surface area (Å²) in [5.41, 5.74) is 0. The van der Waals surface area contributed by atoms with Gasteiger partial charge in [0.15, 0.2) is 0 Å². The van der Waals surface area contributed by atoms with Crippen LogP contribution in [-0.2, 0) is 14.0 Å². The van der Waals surface area contributed by atoms with Gasteiger partial charge in [-0.2, -0.15) is 0 Å². The maximum Gasteiger partial charge on any atom is 0.305 e. The molecule has 198 valence electrons. The third-order valence-corrected chi connectivity index (χ3v) is 12.0. The summed E-state index contributed by atoms with van der Waals surface area (Å²) >= 11 is 0. The molecule has 2 aromatic carbocycles. The molecule has 0 aromatic heterocycles. The van der Waals surface area contributed by atoms with Crippen molar-refractivity contribution in [3.63, 3.8) is 0 Å². The Kier molecular flexibility index (Phi) is 13.2. The zero-order valence-corrected chi connectivity index (χ0v) is 24.3. The number of ether oxygens (including phenoxy) is 1. The van der Waals surface area contributed by atoms with Crippen LogP contribution < -0.4 is 10.4 Å². The number of carbonyl (C=O) groups excluding carboxylic acids is 1. The molecule has 0 heterocycles. The second-order valence-corrected chi connectivity index (χ2v) is 15.1. The van der Waals surface area contributed by atoms with Crippen LogP contribution >= 0.6 is 0 Å². The first-order valence-electron chi connectivity index (χ1n) is 13.8. The quantitative estimate of drug-likeness (QED) is 0.102.